The summed E-state index contributed by atoms with van der Waals surface area (Å²) in [5.74, 6) is 0.331. The molecule has 0 aliphatic heterocycles. The van der Waals surface area contributed by atoms with Crippen LogP contribution in [0.3, 0.4) is 0 Å². The molecule has 0 saturated carbocycles. The fraction of sp³-hybridized carbons (Fsp3) is 0.800. The first-order valence-corrected chi connectivity index (χ1v) is 19.6. The van der Waals surface area contributed by atoms with Crippen LogP contribution in [0.2, 0.25) is 5.02 Å². The number of benzene rings is 1. The van der Waals surface area contributed by atoms with E-state index < -0.39 is 20.2 Å². The molecule has 0 bridgehead atoms. The van der Waals surface area contributed by atoms with Crippen LogP contribution in [-0.4, -0.2) is 156 Å². The Kier molecular flexibility index (Phi) is 40.4. The third-order valence-corrected chi connectivity index (χ3v) is 7.87. The SMILES string of the molecule is O=S(=O)([O-])CCCCOCCOCCOCCOCCOc1ccc(Cl)c(OCCOCCOCCOCCOCCCCS(=O)(=O)[O-])c1.[K+].[K+]. The van der Waals surface area contributed by atoms with E-state index in [1.165, 1.54) is 0 Å². The first-order chi connectivity index (χ1) is 23.6. The molecule has 0 fully saturated rings. The Morgan fingerprint density at radius 3 is 1.12 bits per heavy atom. The van der Waals surface area contributed by atoms with Crippen LogP contribution in [0.5, 0.6) is 11.5 Å². The number of ether oxygens (including phenoxy) is 10. The van der Waals surface area contributed by atoms with Gasteiger partial charge in [-0.2, -0.15) is 0 Å². The predicted octanol–water partition coefficient (Wildman–Crippen LogP) is -4.11. The molecule has 0 amide bonds. The maximum atomic E-state index is 10.5. The van der Waals surface area contributed by atoms with E-state index in [9.17, 15) is 25.9 Å². The van der Waals surface area contributed by atoms with Gasteiger partial charge in [0.2, 0.25) is 0 Å². The van der Waals surface area contributed by atoms with Crippen molar-refractivity contribution in [1.29, 1.82) is 0 Å². The maximum Gasteiger partial charge on any atom is 1.00 e. The second-order valence-electron chi connectivity index (χ2n) is 10.1. The molecule has 51 heavy (non-hydrogen) atoms. The minimum absolute atomic E-state index is 0. The predicted molar refractivity (Wildman–Crippen MR) is 177 cm³/mol. The van der Waals surface area contributed by atoms with Gasteiger partial charge in [-0.25, -0.2) is 16.8 Å². The van der Waals surface area contributed by atoms with Crippen molar-refractivity contribution in [2.45, 2.75) is 25.7 Å². The van der Waals surface area contributed by atoms with E-state index >= 15 is 0 Å². The zero-order valence-electron chi connectivity index (χ0n) is 29.9. The van der Waals surface area contributed by atoms with Gasteiger partial charge in [0, 0.05) is 30.8 Å². The Morgan fingerprint density at radius 2 is 0.765 bits per heavy atom. The third kappa shape index (κ3) is 39.9. The molecular weight excluding hydrogens is 794 g/mol. The molecule has 1 aromatic rings. The van der Waals surface area contributed by atoms with Crippen molar-refractivity contribution in [2.24, 2.45) is 0 Å². The largest absolute Gasteiger partial charge is 1.00 e. The van der Waals surface area contributed by atoms with Gasteiger partial charge >= 0.3 is 103 Å². The number of halogens is 1. The third-order valence-electron chi connectivity index (χ3n) is 5.98. The normalized spacial score (nSPS) is 11.6. The summed E-state index contributed by atoms with van der Waals surface area (Å²) in [7, 11) is -8.31. The number of hydrogen-bond donors (Lipinski definition) is 0. The van der Waals surface area contributed by atoms with Gasteiger partial charge < -0.3 is 56.5 Å². The maximum absolute atomic E-state index is 10.5. The Balaban J connectivity index is 0. The van der Waals surface area contributed by atoms with Gasteiger partial charge in [-0.1, -0.05) is 11.6 Å². The first kappa shape index (κ1) is 55.0. The van der Waals surface area contributed by atoms with Gasteiger partial charge in [0.25, 0.3) is 0 Å². The standard InChI is InChI=1S/C30H53ClO16S2.2K/c31-29-6-5-28(46-23-21-44-19-17-42-15-13-40-11-9-38-7-1-3-25-48(32,33)34)27-30(29)47-24-22-45-20-18-43-16-14-41-12-10-39-8-2-4-26-49(35,36)37;;/h5-6,27H,1-4,7-26H2,(H,32,33,34)(H,35,36,37);;/q;2*+1/p-2. The Morgan fingerprint density at radius 1 is 0.451 bits per heavy atom. The molecule has 0 spiro atoms. The van der Waals surface area contributed by atoms with Crippen molar-refractivity contribution >= 4 is 31.8 Å². The van der Waals surface area contributed by atoms with E-state index in [-0.39, 0.29) is 127 Å². The van der Waals surface area contributed by atoms with Crippen molar-refractivity contribution in [3.05, 3.63) is 23.2 Å². The molecule has 288 valence electrons. The fourth-order valence-corrected chi connectivity index (χ4v) is 4.89. The zero-order chi connectivity index (χ0) is 35.9. The van der Waals surface area contributed by atoms with Crippen molar-refractivity contribution in [1.82, 2.24) is 0 Å². The van der Waals surface area contributed by atoms with Gasteiger partial charge in [0.1, 0.15) is 24.7 Å². The molecule has 1 rings (SSSR count). The van der Waals surface area contributed by atoms with Crippen molar-refractivity contribution in [2.75, 3.05) is 130 Å². The second kappa shape index (κ2) is 37.5. The van der Waals surface area contributed by atoms with Crippen LogP contribution in [0, 0.1) is 0 Å². The number of rotatable bonds is 36. The molecule has 0 aliphatic rings. The first-order valence-electron chi connectivity index (χ1n) is 16.1. The zero-order valence-corrected chi connectivity index (χ0v) is 38.6. The number of unbranched alkanes of at least 4 members (excludes halogenated alkanes) is 2. The summed E-state index contributed by atoms with van der Waals surface area (Å²) < 4.78 is 118. The van der Waals surface area contributed by atoms with Gasteiger partial charge in [0.15, 0.2) is 0 Å². The smallest absolute Gasteiger partial charge is 0.748 e. The Hall–Kier alpha value is 1.88. The van der Waals surface area contributed by atoms with Crippen molar-refractivity contribution in [3.8, 4) is 11.5 Å². The molecule has 0 atom stereocenters. The molecule has 0 unspecified atom stereocenters. The van der Waals surface area contributed by atoms with E-state index in [1.807, 2.05) is 0 Å². The van der Waals surface area contributed by atoms with E-state index in [1.54, 1.807) is 18.2 Å². The van der Waals surface area contributed by atoms with Crippen molar-refractivity contribution < 1.29 is 176 Å². The van der Waals surface area contributed by atoms with Crippen LogP contribution in [0.15, 0.2) is 18.2 Å². The van der Waals surface area contributed by atoms with E-state index in [0.29, 0.717) is 148 Å². The summed E-state index contributed by atoms with van der Waals surface area (Å²) in [6.07, 6.45) is 1.59. The van der Waals surface area contributed by atoms with Crippen LogP contribution < -0.4 is 112 Å². The molecule has 0 N–H and O–H groups in total. The summed E-state index contributed by atoms with van der Waals surface area (Å²) in [6.45, 7) is 6.89. The van der Waals surface area contributed by atoms with Crippen LogP contribution in [0.4, 0.5) is 0 Å². The molecule has 0 radical (unpaired) electrons. The summed E-state index contributed by atoms with van der Waals surface area (Å²) in [5, 5.41) is 0.451. The fourth-order valence-electron chi connectivity index (χ4n) is 3.60. The minimum Gasteiger partial charge on any atom is -0.748 e. The molecule has 16 nitrogen and oxygen atoms in total. The van der Waals surface area contributed by atoms with Crippen LogP contribution in [-0.2, 0) is 58.1 Å². The molecular formula is C30H51ClK2O16S2. The summed E-state index contributed by atoms with van der Waals surface area (Å²) >= 11 is 6.23. The molecule has 0 heterocycles. The quantitative estimate of drug-likeness (QED) is 0.0358. The van der Waals surface area contributed by atoms with Crippen molar-refractivity contribution in [3.63, 3.8) is 0 Å². The van der Waals surface area contributed by atoms with E-state index in [4.69, 9.17) is 59.0 Å². The van der Waals surface area contributed by atoms with Gasteiger partial charge in [0.05, 0.1) is 118 Å². The summed E-state index contributed by atoms with van der Waals surface area (Å²) in [4.78, 5) is 0. The Labute approximate surface area is 393 Å². The van der Waals surface area contributed by atoms with E-state index in [0.717, 1.165) is 0 Å². The molecule has 21 heteroatoms. The summed E-state index contributed by atoms with van der Waals surface area (Å²) in [5.41, 5.74) is 0. The monoisotopic (exact) mass is 844 g/mol. The molecule has 0 saturated heterocycles. The molecule has 0 aliphatic carbocycles. The minimum atomic E-state index is -4.16. The van der Waals surface area contributed by atoms with Crippen LogP contribution >= 0.6 is 11.6 Å². The van der Waals surface area contributed by atoms with E-state index in [2.05, 4.69) is 0 Å². The van der Waals surface area contributed by atoms with Gasteiger partial charge in [-0.15, -0.1) is 0 Å². The second-order valence-corrected chi connectivity index (χ2v) is 13.6. The average Bonchev–Trinajstić information content (AvgIpc) is 3.04. The average molecular weight is 846 g/mol. The summed E-state index contributed by atoms with van der Waals surface area (Å²) in [6, 6.07) is 5.13. The van der Waals surface area contributed by atoms with Gasteiger partial charge in [-0.3, -0.25) is 0 Å². The van der Waals surface area contributed by atoms with Crippen LogP contribution in [0.25, 0.3) is 0 Å². The molecule has 0 aromatic heterocycles. The topological polar surface area (TPSA) is 207 Å². The number of hydrogen-bond acceptors (Lipinski definition) is 16. The van der Waals surface area contributed by atoms with Crippen LogP contribution in [0.1, 0.15) is 25.7 Å². The Bertz CT molecular complexity index is 1150. The molecule has 1 aromatic carbocycles. The van der Waals surface area contributed by atoms with Gasteiger partial charge in [-0.05, 0) is 37.8 Å².